The Morgan fingerprint density at radius 3 is 1.95 bits per heavy atom. The van der Waals surface area contributed by atoms with Crippen molar-refractivity contribution in [3.63, 3.8) is 0 Å². The molecule has 0 radical (unpaired) electrons. The van der Waals surface area contributed by atoms with Crippen molar-refractivity contribution in [1.29, 1.82) is 0 Å². The molecule has 0 heterocycles. The first kappa shape index (κ1) is 38.5. The van der Waals surface area contributed by atoms with E-state index in [1.165, 1.54) is 77.0 Å². The van der Waals surface area contributed by atoms with Crippen molar-refractivity contribution < 1.29 is 37.3 Å². The van der Waals surface area contributed by atoms with Crippen LogP contribution in [0.15, 0.2) is 30.3 Å². The summed E-state index contributed by atoms with van der Waals surface area (Å²) in [7, 11) is 1.56. The van der Waals surface area contributed by atoms with Crippen molar-refractivity contribution in [1.82, 2.24) is 5.32 Å². The van der Waals surface area contributed by atoms with Gasteiger partial charge < -0.3 is 24.2 Å². The van der Waals surface area contributed by atoms with Crippen LogP contribution in [0, 0.1) is 0 Å². The average molecular weight is 616 g/mol. The van der Waals surface area contributed by atoms with E-state index >= 15 is 0 Å². The van der Waals surface area contributed by atoms with Crippen molar-refractivity contribution in [2.45, 2.75) is 110 Å². The largest absolute Gasteiger partial charge is 0.472 e. The molecule has 0 aromatic heterocycles. The maximum atomic E-state index is 12.5. The summed E-state index contributed by atoms with van der Waals surface area (Å²) < 4.78 is 34.7. The molecule has 2 atom stereocenters. The zero-order valence-corrected chi connectivity index (χ0v) is 27.8. The van der Waals surface area contributed by atoms with Crippen LogP contribution in [0.1, 0.15) is 102 Å². The standard InChI is InChI=1S/C32H59N2O7P/c1-5-6-7-8-9-10-11-12-13-14-15-16-17-21-25-38-29-31(41-42(36,37)40-26-24-34(2,3)4)27-33-32(35)39-28-30-22-19-18-20-23-30/h18-20,22-23,31H,5-17,21,24-29H2,1-4H3,(H-,33,35,36,37)/p+1. The second-order valence-electron chi connectivity index (χ2n) is 12.2. The molecule has 0 bridgehead atoms. The normalized spacial score (nSPS) is 13.9. The van der Waals surface area contributed by atoms with Crippen LogP contribution < -0.4 is 5.32 Å². The maximum absolute atomic E-state index is 12.5. The SMILES string of the molecule is CCCCCCCCCCCCCCCCOCC(CNC(=O)OCc1ccccc1)OP(=O)(O)OCC[N+](C)(C)C. The summed E-state index contributed by atoms with van der Waals surface area (Å²) >= 11 is 0. The van der Waals surface area contributed by atoms with Gasteiger partial charge in [0.05, 0.1) is 34.3 Å². The van der Waals surface area contributed by atoms with Crippen LogP contribution in [0.25, 0.3) is 0 Å². The lowest BCUT2D eigenvalue weighted by Crippen LogP contribution is -2.38. The molecule has 0 fully saturated rings. The Bertz CT molecular complexity index is 836. The Hall–Kier alpha value is -1.48. The molecule has 0 saturated carbocycles. The number of benzene rings is 1. The fourth-order valence-corrected chi connectivity index (χ4v) is 5.25. The van der Waals surface area contributed by atoms with Crippen LogP contribution >= 0.6 is 7.82 Å². The predicted molar refractivity (Wildman–Crippen MR) is 169 cm³/mol. The van der Waals surface area contributed by atoms with E-state index in [9.17, 15) is 14.3 Å². The van der Waals surface area contributed by atoms with Gasteiger partial charge in [-0.05, 0) is 12.0 Å². The lowest BCUT2D eigenvalue weighted by molar-refractivity contribution is -0.870. The predicted octanol–water partition coefficient (Wildman–Crippen LogP) is 7.62. The quantitative estimate of drug-likeness (QED) is 0.0596. The molecule has 1 amide bonds. The third-order valence-electron chi connectivity index (χ3n) is 6.93. The van der Waals surface area contributed by atoms with Gasteiger partial charge in [0.1, 0.15) is 25.9 Å². The average Bonchev–Trinajstić information content (AvgIpc) is 2.94. The van der Waals surface area contributed by atoms with E-state index in [-0.39, 0.29) is 26.4 Å². The monoisotopic (exact) mass is 615 g/mol. The first-order chi connectivity index (χ1) is 20.1. The number of carbonyl (C=O) groups is 1. The highest BCUT2D eigenvalue weighted by Gasteiger charge is 2.28. The zero-order chi connectivity index (χ0) is 30.9. The van der Waals surface area contributed by atoms with Gasteiger partial charge in [0.15, 0.2) is 0 Å². The molecule has 2 N–H and O–H groups in total. The van der Waals surface area contributed by atoms with Gasteiger partial charge in [0, 0.05) is 6.61 Å². The second-order valence-corrected chi connectivity index (χ2v) is 13.6. The van der Waals surface area contributed by atoms with E-state index in [4.69, 9.17) is 18.5 Å². The number of ether oxygens (including phenoxy) is 2. The molecule has 1 aromatic carbocycles. The molecular formula is C32H60N2O7P+. The summed E-state index contributed by atoms with van der Waals surface area (Å²) in [5, 5.41) is 2.60. The van der Waals surface area contributed by atoms with Gasteiger partial charge in [-0.3, -0.25) is 9.05 Å². The molecule has 2 unspecified atom stereocenters. The third kappa shape index (κ3) is 24.0. The highest BCUT2D eigenvalue weighted by molar-refractivity contribution is 7.47. The molecule has 42 heavy (non-hydrogen) atoms. The fraction of sp³-hybridized carbons (Fsp3) is 0.781. The van der Waals surface area contributed by atoms with Crippen LogP contribution in [0.5, 0.6) is 0 Å². The number of hydrogen-bond acceptors (Lipinski definition) is 6. The Labute approximate surface area is 255 Å². The Balaban J connectivity index is 2.28. The first-order valence-corrected chi connectivity index (χ1v) is 17.6. The van der Waals surface area contributed by atoms with Crippen molar-refractivity contribution in [3.05, 3.63) is 35.9 Å². The minimum Gasteiger partial charge on any atom is -0.445 e. The van der Waals surface area contributed by atoms with Crippen molar-refractivity contribution >= 4 is 13.9 Å². The van der Waals surface area contributed by atoms with Crippen LogP contribution in [0.3, 0.4) is 0 Å². The summed E-state index contributed by atoms with van der Waals surface area (Å²) in [6.45, 7) is 3.52. The minimum atomic E-state index is -4.33. The maximum Gasteiger partial charge on any atom is 0.472 e. The molecule has 1 rings (SSSR count). The minimum absolute atomic E-state index is 0.0460. The number of alkyl carbamates (subject to hydrolysis) is 1. The number of likely N-dealkylation sites (N-methyl/N-ethyl adjacent to an activating group) is 1. The van der Waals surface area contributed by atoms with Gasteiger partial charge in [-0.2, -0.15) is 0 Å². The second kappa shape index (κ2) is 23.9. The number of unbranched alkanes of at least 4 members (excludes halogenated alkanes) is 13. The number of carbonyl (C=O) groups excluding carboxylic acids is 1. The molecule has 1 aromatic rings. The summed E-state index contributed by atoms with van der Waals surface area (Å²) in [5.41, 5.74) is 0.863. The summed E-state index contributed by atoms with van der Waals surface area (Å²) in [5.74, 6) is 0. The smallest absolute Gasteiger partial charge is 0.445 e. The number of nitrogens with zero attached hydrogens (tertiary/aromatic N) is 1. The Morgan fingerprint density at radius 1 is 0.857 bits per heavy atom. The molecule has 0 spiro atoms. The molecule has 0 aliphatic rings. The lowest BCUT2D eigenvalue weighted by Gasteiger charge is -2.25. The number of amides is 1. The van der Waals surface area contributed by atoms with E-state index in [0.717, 1.165) is 18.4 Å². The first-order valence-electron chi connectivity index (χ1n) is 16.1. The van der Waals surface area contributed by atoms with Crippen LogP contribution in [0.2, 0.25) is 0 Å². The molecule has 244 valence electrons. The van der Waals surface area contributed by atoms with Crippen LogP contribution in [0.4, 0.5) is 4.79 Å². The summed E-state index contributed by atoms with van der Waals surface area (Å²) in [6.07, 6.45) is 16.5. The van der Waals surface area contributed by atoms with E-state index < -0.39 is 20.0 Å². The van der Waals surface area contributed by atoms with Gasteiger partial charge in [-0.1, -0.05) is 121 Å². The van der Waals surface area contributed by atoms with Gasteiger partial charge in [0.2, 0.25) is 0 Å². The molecule has 10 heteroatoms. The number of hydrogen-bond donors (Lipinski definition) is 2. The zero-order valence-electron chi connectivity index (χ0n) is 26.9. The summed E-state index contributed by atoms with van der Waals surface area (Å²) in [6, 6.07) is 9.35. The summed E-state index contributed by atoms with van der Waals surface area (Å²) in [4.78, 5) is 22.4. The highest BCUT2D eigenvalue weighted by atomic mass is 31.2. The van der Waals surface area contributed by atoms with Crippen molar-refractivity contribution in [2.24, 2.45) is 0 Å². The third-order valence-corrected chi connectivity index (χ3v) is 8.01. The number of phosphoric ester groups is 1. The molecule has 0 saturated heterocycles. The van der Waals surface area contributed by atoms with Gasteiger partial charge in [0.25, 0.3) is 0 Å². The van der Waals surface area contributed by atoms with Crippen LogP contribution in [-0.2, 0) is 29.7 Å². The molecule has 0 aliphatic carbocycles. The number of rotatable bonds is 27. The van der Waals surface area contributed by atoms with Crippen molar-refractivity contribution in [3.8, 4) is 0 Å². The van der Waals surface area contributed by atoms with Gasteiger partial charge >= 0.3 is 13.9 Å². The van der Waals surface area contributed by atoms with Crippen molar-refractivity contribution in [2.75, 3.05) is 54.1 Å². The molecule has 0 aliphatic heterocycles. The number of phosphoric acid groups is 1. The van der Waals surface area contributed by atoms with Gasteiger partial charge in [-0.25, -0.2) is 9.36 Å². The van der Waals surface area contributed by atoms with Crippen LogP contribution in [-0.4, -0.2) is 75.6 Å². The highest BCUT2D eigenvalue weighted by Crippen LogP contribution is 2.44. The Morgan fingerprint density at radius 2 is 1.40 bits per heavy atom. The molecule has 9 nitrogen and oxygen atoms in total. The van der Waals surface area contributed by atoms with E-state index in [1.54, 1.807) is 0 Å². The van der Waals surface area contributed by atoms with E-state index in [2.05, 4.69) is 12.2 Å². The molecular weight excluding hydrogens is 555 g/mol. The number of quaternary nitrogens is 1. The number of nitrogens with one attached hydrogen (secondary N) is 1. The lowest BCUT2D eigenvalue weighted by atomic mass is 10.0. The van der Waals surface area contributed by atoms with Gasteiger partial charge in [-0.15, -0.1) is 0 Å². The Kier molecular flexibility index (Phi) is 21.9. The fourth-order valence-electron chi connectivity index (χ4n) is 4.36. The van der Waals surface area contributed by atoms with E-state index in [1.807, 2.05) is 51.5 Å². The topological polar surface area (TPSA) is 103 Å². The van der Waals surface area contributed by atoms with E-state index in [0.29, 0.717) is 17.6 Å².